The van der Waals surface area contributed by atoms with E-state index in [1.54, 1.807) is 11.2 Å². The zero-order valence-corrected chi connectivity index (χ0v) is 19.9. The molecule has 0 saturated carbocycles. The number of hydrogen-bond donors (Lipinski definition) is 0. The number of methoxy groups -OCH3 is 1. The fourth-order valence-electron chi connectivity index (χ4n) is 4.91. The molecule has 184 valence electrons. The van der Waals surface area contributed by atoms with E-state index in [4.69, 9.17) is 9.72 Å². The maximum atomic E-state index is 14.1. The number of aromatic nitrogens is 3. The van der Waals surface area contributed by atoms with Gasteiger partial charge in [0.25, 0.3) is 5.91 Å². The van der Waals surface area contributed by atoms with E-state index in [0.29, 0.717) is 25.9 Å². The van der Waals surface area contributed by atoms with E-state index in [-0.39, 0.29) is 11.5 Å². The number of halogens is 2. The lowest BCUT2D eigenvalue weighted by Crippen LogP contribution is -2.44. The Morgan fingerprint density at radius 1 is 0.971 bits per heavy atom. The van der Waals surface area contributed by atoms with Gasteiger partial charge in [-0.15, -0.1) is 0 Å². The molecule has 2 aromatic heterocycles. The summed E-state index contributed by atoms with van der Waals surface area (Å²) in [5.41, 5.74) is 3.52. The molecule has 0 aliphatic carbocycles. The summed E-state index contributed by atoms with van der Waals surface area (Å²) < 4.78 is 32.8. The van der Waals surface area contributed by atoms with Crippen LogP contribution in [0.25, 0.3) is 11.0 Å². The molecule has 4 heterocycles. The van der Waals surface area contributed by atoms with Gasteiger partial charge >= 0.3 is 0 Å². The molecule has 5 rings (SSSR count). The standard InChI is InChI=1S/C25H28F2N6O2/c1-31-7-9-32(10-8-31)18-13-21-23(28-14-18)22(30-15-29-21)16-3-5-33(6-4-16)25(34)17-11-19(26)24(35-2)20(27)12-17/h11-16H,3-10H2,1-2H3. The van der Waals surface area contributed by atoms with Crippen LogP contribution in [-0.2, 0) is 0 Å². The number of benzene rings is 1. The fourth-order valence-corrected chi connectivity index (χ4v) is 4.91. The molecule has 1 aromatic carbocycles. The minimum atomic E-state index is -0.889. The highest BCUT2D eigenvalue weighted by Gasteiger charge is 2.28. The molecule has 2 aliphatic heterocycles. The van der Waals surface area contributed by atoms with Gasteiger partial charge in [-0.2, -0.15) is 0 Å². The summed E-state index contributed by atoms with van der Waals surface area (Å²) in [5.74, 6) is -2.54. The molecule has 2 saturated heterocycles. The Labute approximate surface area is 202 Å². The average Bonchev–Trinajstić information content (AvgIpc) is 2.88. The van der Waals surface area contributed by atoms with Gasteiger partial charge in [0.05, 0.1) is 30.2 Å². The predicted octanol–water partition coefficient (Wildman–Crippen LogP) is 3.08. The van der Waals surface area contributed by atoms with Gasteiger partial charge in [0.2, 0.25) is 0 Å². The highest BCUT2D eigenvalue weighted by atomic mass is 19.1. The van der Waals surface area contributed by atoms with Crippen LogP contribution in [0.1, 0.15) is 34.8 Å². The number of piperazine rings is 1. The van der Waals surface area contributed by atoms with Crippen LogP contribution in [0.4, 0.5) is 14.5 Å². The SMILES string of the molecule is COc1c(F)cc(C(=O)N2CCC(c3ncnc4cc(N5CCN(C)CC5)cnc34)CC2)cc1F. The van der Waals surface area contributed by atoms with E-state index < -0.39 is 23.3 Å². The molecule has 35 heavy (non-hydrogen) atoms. The summed E-state index contributed by atoms with van der Waals surface area (Å²) >= 11 is 0. The van der Waals surface area contributed by atoms with Crippen molar-refractivity contribution in [2.75, 3.05) is 58.3 Å². The van der Waals surface area contributed by atoms with Crippen LogP contribution in [0.15, 0.2) is 30.7 Å². The van der Waals surface area contributed by atoms with Crippen LogP contribution in [-0.4, -0.2) is 84.1 Å². The van der Waals surface area contributed by atoms with Crippen molar-refractivity contribution < 1.29 is 18.3 Å². The normalized spacial score (nSPS) is 17.7. The minimum Gasteiger partial charge on any atom is -0.491 e. The summed E-state index contributed by atoms with van der Waals surface area (Å²) in [5, 5.41) is 0. The summed E-state index contributed by atoms with van der Waals surface area (Å²) in [4.78, 5) is 32.9. The van der Waals surface area contributed by atoms with E-state index in [1.807, 2.05) is 6.20 Å². The first kappa shape index (κ1) is 23.3. The van der Waals surface area contributed by atoms with Gasteiger partial charge in [-0.3, -0.25) is 9.78 Å². The lowest BCUT2D eigenvalue weighted by molar-refractivity contribution is 0.0711. The number of rotatable bonds is 4. The number of fused-ring (bicyclic) bond motifs is 1. The number of piperidine rings is 1. The first-order chi connectivity index (χ1) is 16.9. The van der Waals surface area contributed by atoms with Gasteiger partial charge in [0, 0.05) is 50.7 Å². The summed E-state index contributed by atoms with van der Waals surface area (Å²) in [6, 6.07) is 4.12. The van der Waals surface area contributed by atoms with Gasteiger partial charge in [0.1, 0.15) is 11.8 Å². The van der Waals surface area contributed by atoms with Gasteiger partial charge in [-0.25, -0.2) is 18.7 Å². The smallest absolute Gasteiger partial charge is 0.254 e. The number of carbonyl (C=O) groups excluding carboxylic acids is 1. The first-order valence-corrected chi connectivity index (χ1v) is 11.8. The second-order valence-corrected chi connectivity index (χ2v) is 9.15. The average molecular weight is 483 g/mol. The number of likely N-dealkylation sites (tertiary alicyclic amines) is 1. The Bertz CT molecular complexity index is 1220. The van der Waals surface area contributed by atoms with Crippen molar-refractivity contribution in [1.82, 2.24) is 24.8 Å². The van der Waals surface area contributed by atoms with Crippen molar-refractivity contribution in [3.63, 3.8) is 0 Å². The van der Waals surface area contributed by atoms with Crippen molar-refractivity contribution >= 4 is 22.6 Å². The Morgan fingerprint density at radius 3 is 2.31 bits per heavy atom. The number of hydrogen-bond acceptors (Lipinski definition) is 7. The topological polar surface area (TPSA) is 74.7 Å². The van der Waals surface area contributed by atoms with Crippen LogP contribution in [0.2, 0.25) is 0 Å². The lowest BCUT2D eigenvalue weighted by Gasteiger charge is -2.34. The summed E-state index contributed by atoms with van der Waals surface area (Å²) in [6.45, 7) is 4.86. The maximum Gasteiger partial charge on any atom is 0.254 e. The molecule has 2 aliphatic rings. The molecule has 1 amide bonds. The van der Waals surface area contributed by atoms with Gasteiger partial charge < -0.3 is 19.4 Å². The second-order valence-electron chi connectivity index (χ2n) is 9.15. The lowest BCUT2D eigenvalue weighted by atomic mass is 9.92. The van der Waals surface area contributed by atoms with Crippen LogP contribution in [0, 0.1) is 11.6 Å². The van der Waals surface area contributed by atoms with Gasteiger partial charge in [-0.1, -0.05) is 0 Å². The van der Waals surface area contributed by atoms with Crippen molar-refractivity contribution in [3.05, 3.63) is 53.6 Å². The van der Waals surface area contributed by atoms with Crippen molar-refractivity contribution in [1.29, 1.82) is 0 Å². The van der Waals surface area contributed by atoms with E-state index >= 15 is 0 Å². The zero-order valence-electron chi connectivity index (χ0n) is 19.9. The number of nitrogens with zero attached hydrogens (tertiary/aromatic N) is 6. The molecule has 10 heteroatoms. The molecular weight excluding hydrogens is 454 g/mol. The molecule has 2 fully saturated rings. The first-order valence-electron chi connectivity index (χ1n) is 11.8. The van der Waals surface area contributed by atoms with Crippen LogP contribution < -0.4 is 9.64 Å². The molecule has 0 spiro atoms. The Hall–Kier alpha value is -3.40. The third-order valence-electron chi connectivity index (χ3n) is 6.98. The monoisotopic (exact) mass is 482 g/mol. The molecule has 3 aromatic rings. The third-order valence-corrected chi connectivity index (χ3v) is 6.98. The van der Waals surface area contributed by atoms with Crippen LogP contribution in [0.3, 0.4) is 0 Å². The number of amides is 1. The predicted molar refractivity (Wildman–Crippen MR) is 128 cm³/mol. The van der Waals surface area contributed by atoms with Gasteiger partial charge in [-0.05, 0) is 38.1 Å². The van der Waals surface area contributed by atoms with Crippen LogP contribution in [0.5, 0.6) is 5.75 Å². The molecule has 0 radical (unpaired) electrons. The van der Waals surface area contributed by atoms with E-state index in [9.17, 15) is 13.6 Å². The van der Waals surface area contributed by atoms with Crippen molar-refractivity contribution in [3.8, 4) is 5.75 Å². The highest BCUT2D eigenvalue weighted by molar-refractivity contribution is 5.94. The molecule has 0 N–H and O–H groups in total. The molecule has 0 atom stereocenters. The second kappa shape index (κ2) is 9.69. The maximum absolute atomic E-state index is 14.1. The summed E-state index contributed by atoms with van der Waals surface area (Å²) in [6.07, 6.45) is 4.83. The largest absolute Gasteiger partial charge is 0.491 e. The highest BCUT2D eigenvalue weighted by Crippen LogP contribution is 2.32. The Morgan fingerprint density at radius 2 is 1.66 bits per heavy atom. The van der Waals surface area contributed by atoms with Crippen molar-refractivity contribution in [2.24, 2.45) is 0 Å². The Kier molecular flexibility index (Phi) is 6.46. The fraction of sp³-hybridized carbons (Fsp3) is 0.440. The van der Waals surface area contributed by atoms with Crippen molar-refractivity contribution in [2.45, 2.75) is 18.8 Å². The molecular formula is C25H28F2N6O2. The molecule has 0 bridgehead atoms. The zero-order chi connectivity index (χ0) is 24.5. The number of carbonyl (C=O) groups is 1. The number of ether oxygens (including phenoxy) is 1. The Balaban J connectivity index is 1.29. The number of pyridine rings is 1. The number of likely N-dealkylation sites (N-methyl/N-ethyl adjacent to an activating group) is 1. The third kappa shape index (κ3) is 4.62. The molecule has 0 unspecified atom stereocenters. The van der Waals surface area contributed by atoms with E-state index in [2.05, 4.69) is 32.9 Å². The van der Waals surface area contributed by atoms with Gasteiger partial charge in [0.15, 0.2) is 17.4 Å². The minimum absolute atomic E-state index is 0.0233. The van der Waals surface area contributed by atoms with Crippen LogP contribution >= 0.6 is 0 Å². The van der Waals surface area contributed by atoms with E-state index in [0.717, 1.165) is 60.7 Å². The number of anilines is 1. The van der Waals surface area contributed by atoms with E-state index in [1.165, 1.54) is 7.11 Å². The quantitative estimate of drug-likeness (QED) is 0.566. The molecule has 8 nitrogen and oxygen atoms in total. The summed E-state index contributed by atoms with van der Waals surface area (Å²) in [7, 11) is 3.31.